The molecule has 100 valence electrons. The molecular weight excluding hydrogens is 254 g/mol. The summed E-state index contributed by atoms with van der Waals surface area (Å²) in [4.78, 5) is 10.3. The zero-order chi connectivity index (χ0) is 13.9. The molecule has 0 radical (unpaired) electrons. The fourth-order valence-electron chi connectivity index (χ4n) is 1.58. The van der Waals surface area contributed by atoms with Crippen molar-refractivity contribution >= 4 is 5.97 Å². The highest BCUT2D eigenvalue weighted by atomic mass is 19.4. The first-order chi connectivity index (χ1) is 8.23. The number of benzene rings is 1. The number of carbonyl (C=O) groups is 1. The molecule has 1 atom stereocenters. The normalized spacial score (nSPS) is 13.4. The molecule has 0 saturated carbocycles. The maximum absolute atomic E-state index is 13.2. The molecule has 0 saturated heterocycles. The fourth-order valence-corrected chi connectivity index (χ4v) is 1.58. The molecule has 1 aromatic rings. The minimum atomic E-state index is -4.86. The standard InChI is InChI=1S/C11H11F4NO2/c12-7-3-1-2-6(10(7)11(13,14)15)8(16)4-5-9(17)18/h1-3,8H,4-5,16H2,(H,17,18). The maximum Gasteiger partial charge on any atom is 0.419 e. The van der Waals surface area contributed by atoms with Crippen molar-refractivity contribution in [2.24, 2.45) is 5.73 Å². The van der Waals surface area contributed by atoms with Gasteiger partial charge in [0.15, 0.2) is 0 Å². The van der Waals surface area contributed by atoms with E-state index >= 15 is 0 Å². The van der Waals surface area contributed by atoms with Crippen molar-refractivity contribution in [3.8, 4) is 0 Å². The van der Waals surface area contributed by atoms with Gasteiger partial charge in [-0.2, -0.15) is 13.2 Å². The van der Waals surface area contributed by atoms with E-state index in [1.54, 1.807) is 0 Å². The summed E-state index contributed by atoms with van der Waals surface area (Å²) >= 11 is 0. The van der Waals surface area contributed by atoms with Crippen LogP contribution in [0.3, 0.4) is 0 Å². The lowest BCUT2D eigenvalue weighted by atomic mass is 9.96. The number of halogens is 4. The summed E-state index contributed by atoms with van der Waals surface area (Å²) in [7, 11) is 0. The van der Waals surface area contributed by atoms with E-state index in [9.17, 15) is 22.4 Å². The minimum Gasteiger partial charge on any atom is -0.481 e. The summed E-state index contributed by atoms with van der Waals surface area (Å²) in [6.45, 7) is 0. The lowest BCUT2D eigenvalue weighted by Gasteiger charge is -2.18. The number of carboxylic acids is 1. The summed E-state index contributed by atoms with van der Waals surface area (Å²) in [6, 6.07) is 1.68. The second-order valence-corrected chi connectivity index (χ2v) is 3.74. The Labute approximate surface area is 100 Å². The third-order valence-corrected chi connectivity index (χ3v) is 2.40. The number of hydrogen-bond acceptors (Lipinski definition) is 2. The van der Waals surface area contributed by atoms with Crippen LogP contribution < -0.4 is 5.73 Å². The van der Waals surface area contributed by atoms with E-state index < -0.39 is 35.1 Å². The molecule has 18 heavy (non-hydrogen) atoms. The zero-order valence-electron chi connectivity index (χ0n) is 9.17. The largest absolute Gasteiger partial charge is 0.481 e. The summed E-state index contributed by atoms with van der Waals surface area (Å²) in [5.74, 6) is -2.58. The van der Waals surface area contributed by atoms with Crippen LogP contribution in [0.25, 0.3) is 0 Å². The van der Waals surface area contributed by atoms with Gasteiger partial charge in [0.05, 0.1) is 5.56 Å². The summed E-state index contributed by atoms with van der Waals surface area (Å²) in [5.41, 5.74) is 3.62. The van der Waals surface area contributed by atoms with Crippen LogP contribution >= 0.6 is 0 Å². The fraction of sp³-hybridized carbons (Fsp3) is 0.364. The van der Waals surface area contributed by atoms with Crippen LogP contribution in [0.4, 0.5) is 17.6 Å². The van der Waals surface area contributed by atoms with Crippen LogP contribution in [0.1, 0.15) is 30.0 Å². The Balaban J connectivity index is 3.08. The molecule has 0 aliphatic rings. The van der Waals surface area contributed by atoms with E-state index in [1.165, 1.54) is 0 Å². The van der Waals surface area contributed by atoms with Crippen molar-refractivity contribution in [3.05, 3.63) is 35.1 Å². The average Bonchev–Trinajstić information content (AvgIpc) is 2.23. The molecule has 0 fully saturated rings. The molecule has 0 bridgehead atoms. The van der Waals surface area contributed by atoms with Gasteiger partial charge in [-0.1, -0.05) is 12.1 Å². The van der Waals surface area contributed by atoms with Gasteiger partial charge >= 0.3 is 12.1 Å². The van der Waals surface area contributed by atoms with Crippen molar-refractivity contribution in [1.82, 2.24) is 0 Å². The second-order valence-electron chi connectivity index (χ2n) is 3.74. The van der Waals surface area contributed by atoms with E-state index in [2.05, 4.69) is 0 Å². The average molecular weight is 265 g/mol. The van der Waals surface area contributed by atoms with Gasteiger partial charge in [-0.25, -0.2) is 4.39 Å². The molecule has 1 rings (SSSR count). The Kier molecular flexibility index (Phi) is 4.28. The molecular formula is C11H11F4NO2. The van der Waals surface area contributed by atoms with Crippen molar-refractivity contribution in [1.29, 1.82) is 0 Å². The Morgan fingerprint density at radius 1 is 1.39 bits per heavy atom. The van der Waals surface area contributed by atoms with E-state index in [1.807, 2.05) is 0 Å². The Bertz CT molecular complexity index is 445. The van der Waals surface area contributed by atoms with Crippen LogP contribution in [0.5, 0.6) is 0 Å². The maximum atomic E-state index is 13.2. The summed E-state index contributed by atoms with van der Waals surface area (Å²) < 4.78 is 51.2. The molecule has 3 nitrogen and oxygen atoms in total. The third kappa shape index (κ3) is 3.43. The van der Waals surface area contributed by atoms with Crippen LogP contribution in [0, 0.1) is 5.82 Å². The number of aliphatic carboxylic acids is 1. The Morgan fingerprint density at radius 2 is 2.00 bits per heavy atom. The quantitative estimate of drug-likeness (QED) is 0.823. The highest BCUT2D eigenvalue weighted by molar-refractivity contribution is 5.66. The minimum absolute atomic E-state index is 0.193. The highest BCUT2D eigenvalue weighted by Crippen LogP contribution is 2.36. The van der Waals surface area contributed by atoms with Gasteiger partial charge < -0.3 is 10.8 Å². The Morgan fingerprint density at radius 3 is 2.50 bits per heavy atom. The van der Waals surface area contributed by atoms with Crippen LogP contribution in [0.15, 0.2) is 18.2 Å². The SMILES string of the molecule is NC(CCC(=O)O)c1cccc(F)c1C(F)(F)F. The van der Waals surface area contributed by atoms with Gasteiger partial charge in [0, 0.05) is 12.5 Å². The first-order valence-corrected chi connectivity index (χ1v) is 5.06. The van der Waals surface area contributed by atoms with Crippen LogP contribution in [-0.2, 0) is 11.0 Å². The molecule has 0 aliphatic heterocycles. The van der Waals surface area contributed by atoms with Crippen molar-refractivity contribution in [2.45, 2.75) is 25.1 Å². The number of hydrogen-bond donors (Lipinski definition) is 2. The van der Waals surface area contributed by atoms with Crippen molar-refractivity contribution < 1.29 is 27.5 Å². The lowest BCUT2D eigenvalue weighted by molar-refractivity contribution is -0.140. The van der Waals surface area contributed by atoms with E-state index in [4.69, 9.17) is 10.8 Å². The van der Waals surface area contributed by atoms with Gasteiger partial charge in [0.2, 0.25) is 0 Å². The topological polar surface area (TPSA) is 63.3 Å². The first kappa shape index (κ1) is 14.4. The molecule has 3 N–H and O–H groups in total. The number of rotatable bonds is 4. The second kappa shape index (κ2) is 5.34. The summed E-state index contributed by atoms with van der Waals surface area (Å²) in [5, 5.41) is 8.44. The molecule has 0 spiro atoms. The highest BCUT2D eigenvalue weighted by Gasteiger charge is 2.37. The molecule has 0 aliphatic carbocycles. The number of carboxylic acid groups (broad SMARTS) is 1. The van der Waals surface area contributed by atoms with Gasteiger partial charge in [-0.15, -0.1) is 0 Å². The van der Waals surface area contributed by atoms with Crippen LogP contribution in [0.2, 0.25) is 0 Å². The molecule has 1 unspecified atom stereocenters. The van der Waals surface area contributed by atoms with Gasteiger partial charge in [0.1, 0.15) is 5.82 Å². The molecule has 7 heteroatoms. The lowest BCUT2D eigenvalue weighted by Crippen LogP contribution is -2.20. The Hall–Kier alpha value is -1.63. The van der Waals surface area contributed by atoms with E-state index in [0.717, 1.165) is 12.1 Å². The number of nitrogens with two attached hydrogens (primary N) is 1. The molecule has 0 aromatic heterocycles. The van der Waals surface area contributed by atoms with Gasteiger partial charge in [-0.3, -0.25) is 4.79 Å². The predicted octanol–water partition coefficient (Wildman–Crippen LogP) is 2.71. The zero-order valence-corrected chi connectivity index (χ0v) is 9.17. The monoisotopic (exact) mass is 265 g/mol. The van der Waals surface area contributed by atoms with Crippen molar-refractivity contribution in [3.63, 3.8) is 0 Å². The molecule has 1 aromatic carbocycles. The molecule has 0 heterocycles. The molecule has 0 amide bonds. The van der Waals surface area contributed by atoms with Crippen molar-refractivity contribution in [2.75, 3.05) is 0 Å². The third-order valence-electron chi connectivity index (χ3n) is 2.40. The van der Waals surface area contributed by atoms with E-state index in [0.29, 0.717) is 6.07 Å². The number of alkyl halides is 3. The smallest absolute Gasteiger partial charge is 0.419 e. The van der Waals surface area contributed by atoms with Crippen LogP contribution in [-0.4, -0.2) is 11.1 Å². The first-order valence-electron chi connectivity index (χ1n) is 5.06. The predicted molar refractivity (Wildman–Crippen MR) is 55.2 cm³/mol. The van der Waals surface area contributed by atoms with Gasteiger partial charge in [-0.05, 0) is 18.1 Å². The van der Waals surface area contributed by atoms with Gasteiger partial charge in [0.25, 0.3) is 0 Å². The van der Waals surface area contributed by atoms with E-state index in [-0.39, 0.29) is 12.8 Å². The summed E-state index contributed by atoms with van der Waals surface area (Å²) in [6.07, 6.45) is -5.43.